The second-order valence-electron chi connectivity index (χ2n) is 2.90. The van der Waals surface area contributed by atoms with E-state index >= 15 is 0 Å². The quantitative estimate of drug-likeness (QED) is 0.520. The lowest BCUT2D eigenvalue weighted by atomic mass is 10.1. The molecule has 0 aliphatic heterocycles. The fraction of sp³-hybridized carbons (Fsp3) is 0.333. The number of hydrogen-bond acceptors (Lipinski definition) is 2. The van der Waals surface area contributed by atoms with Gasteiger partial charge in [-0.2, -0.15) is 0 Å². The van der Waals surface area contributed by atoms with E-state index in [1.54, 1.807) is 13.0 Å². The summed E-state index contributed by atoms with van der Waals surface area (Å²) in [6.45, 7) is 3.61. The van der Waals surface area contributed by atoms with Gasteiger partial charge in [-0.05, 0) is 31.0 Å². The third-order valence-corrected chi connectivity index (χ3v) is 1.95. The average molecular weight is 168 g/mol. The van der Waals surface area contributed by atoms with Crippen molar-refractivity contribution in [3.63, 3.8) is 0 Å². The number of nitrogens with two attached hydrogens (primary N) is 1. The molecule has 66 valence electrons. The number of hydrazine groups is 1. The summed E-state index contributed by atoms with van der Waals surface area (Å²) in [5.41, 5.74) is 4.08. The van der Waals surface area contributed by atoms with Gasteiger partial charge in [-0.1, -0.05) is 12.1 Å². The highest BCUT2D eigenvalue weighted by molar-refractivity contribution is 5.25. The van der Waals surface area contributed by atoms with Crippen LogP contribution in [0.4, 0.5) is 4.39 Å². The summed E-state index contributed by atoms with van der Waals surface area (Å²) in [5.74, 6) is 5.03. The minimum Gasteiger partial charge on any atom is -0.271 e. The van der Waals surface area contributed by atoms with Crippen molar-refractivity contribution in [2.75, 3.05) is 0 Å². The molecule has 0 fully saturated rings. The first-order valence-corrected chi connectivity index (χ1v) is 3.87. The van der Waals surface area contributed by atoms with Gasteiger partial charge in [0, 0.05) is 6.04 Å². The van der Waals surface area contributed by atoms with E-state index in [0.717, 1.165) is 5.56 Å². The number of hydrogen-bond donors (Lipinski definition) is 2. The zero-order chi connectivity index (χ0) is 9.14. The van der Waals surface area contributed by atoms with E-state index in [1.807, 2.05) is 13.0 Å². The zero-order valence-electron chi connectivity index (χ0n) is 7.26. The number of aryl methyl sites for hydroxylation is 1. The molecule has 0 aromatic heterocycles. The second kappa shape index (κ2) is 3.65. The molecule has 0 saturated carbocycles. The summed E-state index contributed by atoms with van der Waals surface area (Å²) in [4.78, 5) is 0. The maximum Gasteiger partial charge on any atom is 0.126 e. The maximum atomic E-state index is 13.0. The van der Waals surface area contributed by atoms with Crippen molar-refractivity contribution in [1.82, 2.24) is 5.43 Å². The van der Waals surface area contributed by atoms with Crippen molar-refractivity contribution >= 4 is 0 Å². The predicted molar refractivity (Wildman–Crippen MR) is 46.9 cm³/mol. The van der Waals surface area contributed by atoms with Gasteiger partial charge < -0.3 is 0 Å². The van der Waals surface area contributed by atoms with Crippen LogP contribution in [0, 0.1) is 12.7 Å². The molecule has 0 heterocycles. The van der Waals surface area contributed by atoms with E-state index in [1.165, 1.54) is 6.07 Å². The first kappa shape index (κ1) is 9.16. The van der Waals surface area contributed by atoms with Crippen LogP contribution in [0.2, 0.25) is 0 Å². The lowest BCUT2D eigenvalue weighted by Crippen LogP contribution is -2.25. The van der Waals surface area contributed by atoms with Crippen molar-refractivity contribution in [1.29, 1.82) is 0 Å². The molecule has 3 N–H and O–H groups in total. The van der Waals surface area contributed by atoms with Crippen LogP contribution in [0.25, 0.3) is 0 Å². The van der Waals surface area contributed by atoms with Crippen molar-refractivity contribution in [2.45, 2.75) is 19.9 Å². The van der Waals surface area contributed by atoms with Gasteiger partial charge in [0.05, 0.1) is 0 Å². The highest BCUT2D eigenvalue weighted by atomic mass is 19.1. The third kappa shape index (κ3) is 1.81. The molecule has 1 unspecified atom stereocenters. The largest absolute Gasteiger partial charge is 0.271 e. The minimum atomic E-state index is -0.186. The van der Waals surface area contributed by atoms with Gasteiger partial charge in [0.25, 0.3) is 0 Å². The standard InChI is InChI=1S/C9H13FN2/c1-6-3-4-8(5-9(6)10)7(2)12-11/h3-5,7,12H,11H2,1-2H3. The fourth-order valence-corrected chi connectivity index (χ4v) is 0.975. The lowest BCUT2D eigenvalue weighted by Gasteiger charge is -2.10. The van der Waals surface area contributed by atoms with Gasteiger partial charge in [0.15, 0.2) is 0 Å². The Hall–Kier alpha value is -0.930. The topological polar surface area (TPSA) is 38.0 Å². The minimum absolute atomic E-state index is 0.0138. The van der Waals surface area contributed by atoms with Gasteiger partial charge in [-0.15, -0.1) is 0 Å². The van der Waals surface area contributed by atoms with Crippen molar-refractivity contribution in [3.05, 3.63) is 35.1 Å². The molecule has 3 heteroatoms. The van der Waals surface area contributed by atoms with Gasteiger partial charge in [-0.3, -0.25) is 11.3 Å². The molecule has 12 heavy (non-hydrogen) atoms. The Labute approximate surface area is 71.6 Å². The molecule has 0 spiro atoms. The van der Waals surface area contributed by atoms with E-state index in [2.05, 4.69) is 5.43 Å². The number of rotatable bonds is 2. The molecule has 0 aliphatic rings. The summed E-state index contributed by atoms with van der Waals surface area (Å²) in [7, 11) is 0. The van der Waals surface area contributed by atoms with E-state index in [0.29, 0.717) is 5.56 Å². The van der Waals surface area contributed by atoms with Crippen molar-refractivity contribution in [2.24, 2.45) is 5.84 Å². The number of halogens is 1. The van der Waals surface area contributed by atoms with Gasteiger partial charge in [0.1, 0.15) is 5.82 Å². The van der Waals surface area contributed by atoms with Gasteiger partial charge in [-0.25, -0.2) is 4.39 Å². The Morgan fingerprint density at radius 1 is 1.50 bits per heavy atom. The molecule has 0 aliphatic carbocycles. The molecule has 1 rings (SSSR count). The highest BCUT2D eigenvalue weighted by Gasteiger charge is 2.04. The third-order valence-electron chi connectivity index (χ3n) is 1.95. The van der Waals surface area contributed by atoms with E-state index in [4.69, 9.17) is 5.84 Å². The molecule has 0 amide bonds. The Morgan fingerprint density at radius 2 is 2.17 bits per heavy atom. The molecule has 0 bridgehead atoms. The number of benzene rings is 1. The fourth-order valence-electron chi connectivity index (χ4n) is 0.975. The first-order valence-electron chi connectivity index (χ1n) is 3.87. The van der Waals surface area contributed by atoms with E-state index in [-0.39, 0.29) is 11.9 Å². The van der Waals surface area contributed by atoms with Gasteiger partial charge in [0.2, 0.25) is 0 Å². The summed E-state index contributed by atoms with van der Waals surface area (Å²) in [6, 6.07) is 5.10. The second-order valence-corrected chi connectivity index (χ2v) is 2.90. The molecule has 0 saturated heterocycles. The van der Waals surface area contributed by atoms with Crippen LogP contribution >= 0.6 is 0 Å². The molecule has 2 nitrogen and oxygen atoms in total. The summed E-state index contributed by atoms with van der Waals surface area (Å²) < 4.78 is 13.0. The van der Waals surface area contributed by atoms with Crippen LogP contribution < -0.4 is 11.3 Å². The molecule has 1 aromatic carbocycles. The van der Waals surface area contributed by atoms with Crippen LogP contribution in [0.15, 0.2) is 18.2 Å². The van der Waals surface area contributed by atoms with E-state index < -0.39 is 0 Å². The van der Waals surface area contributed by atoms with Crippen molar-refractivity contribution in [3.8, 4) is 0 Å². The average Bonchev–Trinajstić information content (AvgIpc) is 2.08. The predicted octanol–water partition coefficient (Wildman–Crippen LogP) is 1.66. The molecular formula is C9H13FN2. The van der Waals surface area contributed by atoms with Gasteiger partial charge >= 0.3 is 0 Å². The normalized spacial score (nSPS) is 13.0. The SMILES string of the molecule is Cc1ccc(C(C)NN)cc1F. The van der Waals surface area contributed by atoms with Crippen LogP contribution in [-0.4, -0.2) is 0 Å². The molecule has 1 aromatic rings. The number of nitrogens with one attached hydrogen (secondary N) is 1. The monoisotopic (exact) mass is 168 g/mol. The lowest BCUT2D eigenvalue weighted by molar-refractivity contribution is 0.582. The maximum absolute atomic E-state index is 13.0. The summed E-state index contributed by atoms with van der Waals surface area (Å²) >= 11 is 0. The summed E-state index contributed by atoms with van der Waals surface area (Å²) in [6.07, 6.45) is 0. The zero-order valence-corrected chi connectivity index (χ0v) is 7.26. The van der Waals surface area contributed by atoms with Crippen molar-refractivity contribution < 1.29 is 4.39 Å². The molecule has 1 atom stereocenters. The Kier molecular flexibility index (Phi) is 2.78. The smallest absolute Gasteiger partial charge is 0.126 e. The van der Waals surface area contributed by atoms with E-state index in [9.17, 15) is 4.39 Å². The first-order chi connectivity index (χ1) is 5.65. The highest BCUT2D eigenvalue weighted by Crippen LogP contribution is 2.14. The van der Waals surface area contributed by atoms with Crippen LogP contribution in [0.3, 0.4) is 0 Å². The van der Waals surface area contributed by atoms with Crippen LogP contribution in [0.1, 0.15) is 24.1 Å². The molecular weight excluding hydrogens is 155 g/mol. The molecule has 0 radical (unpaired) electrons. The Bertz CT molecular complexity index is 273. The van der Waals surface area contributed by atoms with Crippen LogP contribution in [-0.2, 0) is 0 Å². The summed E-state index contributed by atoms with van der Waals surface area (Å²) in [5, 5.41) is 0. The van der Waals surface area contributed by atoms with Crippen LogP contribution in [0.5, 0.6) is 0 Å². The Morgan fingerprint density at radius 3 is 2.67 bits per heavy atom. The Balaban J connectivity index is 2.96.